The standard InChI is InChI=1S/C17H14ClN3O4S/c1-9-14(15(19-25-9)11-4-2-3-5-12(11)18)16(23)20-6-10(7-20)21-13(22)8-26-17(21)24/h2-5,10H,6-8H2,1H3. The second kappa shape index (κ2) is 6.44. The molecule has 3 amide bonds. The van der Waals surface area contributed by atoms with E-state index < -0.39 is 0 Å². The summed E-state index contributed by atoms with van der Waals surface area (Å²) in [5.41, 5.74) is 1.36. The maximum atomic E-state index is 12.9. The van der Waals surface area contributed by atoms with E-state index in [9.17, 15) is 14.4 Å². The van der Waals surface area contributed by atoms with Crippen LogP contribution in [0.3, 0.4) is 0 Å². The largest absolute Gasteiger partial charge is 0.360 e. The summed E-state index contributed by atoms with van der Waals surface area (Å²) in [7, 11) is 0. The number of benzene rings is 1. The van der Waals surface area contributed by atoms with E-state index in [-0.39, 0.29) is 28.8 Å². The Bertz CT molecular complexity index is 906. The smallest absolute Gasteiger partial charge is 0.289 e. The van der Waals surface area contributed by atoms with Gasteiger partial charge in [-0.2, -0.15) is 0 Å². The first-order valence-corrected chi connectivity index (χ1v) is 9.33. The monoisotopic (exact) mass is 391 g/mol. The third kappa shape index (κ3) is 2.69. The molecular weight excluding hydrogens is 378 g/mol. The zero-order chi connectivity index (χ0) is 18.4. The minimum Gasteiger partial charge on any atom is -0.360 e. The zero-order valence-electron chi connectivity index (χ0n) is 13.8. The summed E-state index contributed by atoms with van der Waals surface area (Å²) in [6.07, 6.45) is 0. The number of hydrogen-bond donors (Lipinski definition) is 0. The van der Waals surface area contributed by atoms with Crippen LogP contribution in [0.4, 0.5) is 4.79 Å². The second-order valence-corrected chi connectivity index (χ2v) is 7.46. The highest BCUT2D eigenvalue weighted by atomic mass is 35.5. The molecule has 1 aromatic heterocycles. The molecule has 0 radical (unpaired) electrons. The number of carbonyl (C=O) groups is 3. The van der Waals surface area contributed by atoms with Gasteiger partial charge in [0.2, 0.25) is 5.91 Å². The van der Waals surface area contributed by atoms with Gasteiger partial charge < -0.3 is 9.42 Å². The van der Waals surface area contributed by atoms with E-state index in [2.05, 4.69) is 5.16 Å². The summed E-state index contributed by atoms with van der Waals surface area (Å²) >= 11 is 7.22. The minimum absolute atomic E-state index is 0.171. The van der Waals surface area contributed by atoms with Crippen LogP contribution in [0, 0.1) is 6.92 Å². The number of halogens is 1. The second-order valence-electron chi connectivity index (χ2n) is 6.12. The van der Waals surface area contributed by atoms with Crippen LogP contribution in [0.15, 0.2) is 28.8 Å². The lowest BCUT2D eigenvalue weighted by Crippen LogP contribution is -2.62. The summed E-state index contributed by atoms with van der Waals surface area (Å²) in [5, 5.41) is 4.23. The number of likely N-dealkylation sites (tertiary alicyclic amines) is 1. The van der Waals surface area contributed by atoms with Gasteiger partial charge in [-0.3, -0.25) is 19.3 Å². The third-order valence-electron chi connectivity index (χ3n) is 4.50. The molecule has 2 aliphatic heterocycles. The lowest BCUT2D eigenvalue weighted by atomic mass is 10.0. The summed E-state index contributed by atoms with van der Waals surface area (Å²) in [6.45, 7) is 2.29. The van der Waals surface area contributed by atoms with E-state index in [1.54, 1.807) is 36.1 Å². The number of aromatic nitrogens is 1. The van der Waals surface area contributed by atoms with Crippen molar-refractivity contribution in [1.82, 2.24) is 15.0 Å². The highest BCUT2D eigenvalue weighted by Gasteiger charge is 2.44. The van der Waals surface area contributed by atoms with Gasteiger partial charge in [0.05, 0.1) is 16.8 Å². The molecule has 2 aromatic rings. The minimum atomic E-state index is -0.266. The van der Waals surface area contributed by atoms with Gasteiger partial charge >= 0.3 is 0 Å². The lowest BCUT2D eigenvalue weighted by molar-refractivity contribution is -0.128. The van der Waals surface area contributed by atoms with Crippen LogP contribution in [-0.4, -0.2) is 56.9 Å². The molecule has 0 unspecified atom stereocenters. The van der Waals surface area contributed by atoms with Crippen molar-refractivity contribution in [2.45, 2.75) is 13.0 Å². The van der Waals surface area contributed by atoms with Crippen LogP contribution >= 0.6 is 23.4 Å². The molecule has 0 saturated carbocycles. The fourth-order valence-corrected chi connectivity index (χ4v) is 4.12. The average molecular weight is 392 g/mol. The Labute approximate surface area is 158 Å². The molecule has 0 bridgehead atoms. The van der Waals surface area contributed by atoms with Gasteiger partial charge in [0.15, 0.2) is 0 Å². The topological polar surface area (TPSA) is 83.7 Å². The predicted molar refractivity (Wildman–Crippen MR) is 96.1 cm³/mol. The van der Waals surface area contributed by atoms with E-state index in [0.717, 1.165) is 11.8 Å². The number of rotatable bonds is 3. The first-order valence-electron chi connectivity index (χ1n) is 7.96. The Hall–Kier alpha value is -2.32. The summed E-state index contributed by atoms with van der Waals surface area (Å²) in [6, 6.07) is 6.83. The maximum absolute atomic E-state index is 12.9. The molecule has 2 fully saturated rings. The SMILES string of the molecule is Cc1onc(-c2ccccc2Cl)c1C(=O)N1CC(N2C(=O)CSC2=O)C1. The molecule has 3 heterocycles. The van der Waals surface area contributed by atoms with Gasteiger partial charge in [0.1, 0.15) is 17.0 Å². The Kier molecular flexibility index (Phi) is 4.24. The molecule has 26 heavy (non-hydrogen) atoms. The Balaban J connectivity index is 1.56. The Morgan fingerprint density at radius 3 is 2.69 bits per heavy atom. The van der Waals surface area contributed by atoms with Crippen LogP contribution in [0.5, 0.6) is 0 Å². The van der Waals surface area contributed by atoms with Crippen LogP contribution in [0.1, 0.15) is 16.1 Å². The number of imide groups is 1. The number of carbonyl (C=O) groups excluding carboxylic acids is 3. The van der Waals surface area contributed by atoms with Crippen molar-refractivity contribution in [2.24, 2.45) is 0 Å². The molecule has 0 N–H and O–H groups in total. The Morgan fingerprint density at radius 1 is 1.31 bits per heavy atom. The van der Waals surface area contributed by atoms with Crippen molar-refractivity contribution in [3.63, 3.8) is 0 Å². The molecule has 134 valence electrons. The van der Waals surface area contributed by atoms with Crippen molar-refractivity contribution < 1.29 is 18.9 Å². The zero-order valence-corrected chi connectivity index (χ0v) is 15.3. The first kappa shape index (κ1) is 17.1. The van der Waals surface area contributed by atoms with Gasteiger partial charge in [0.25, 0.3) is 11.1 Å². The lowest BCUT2D eigenvalue weighted by Gasteiger charge is -2.42. The van der Waals surface area contributed by atoms with E-state index in [0.29, 0.717) is 40.7 Å². The quantitative estimate of drug-likeness (QED) is 0.800. The van der Waals surface area contributed by atoms with E-state index in [1.807, 2.05) is 0 Å². The normalized spacial score (nSPS) is 17.8. The third-order valence-corrected chi connectivity index (χ3v) is 5.67. The molecule has 2 aliphatic rings. The molecule has 0 aliphatic carbocycles. The summed E-state index contributed by atoms with van der Waals surface area (Å²) < 4.78 is 5.23. The van der Waals surface area contributed by atoms with E-state index in [1.165, 1.54) is 4.90 Å². The molecule has 0 spiro atoms. The van der Waals surface area contributed by atoms with Gasteiger partial charge in [-0.15, -0.1) is 0 Å². The van der Waals surface area contributed by atoms with Gasteiger partial charge in [-0.1, -0.05) is 46.7 Å². The van der Waals surface area contributed by atoms with Crippen LogP contribution in [0.25, 0.3) is 11.3 Å². The summed E-state index contributed by atoms with van der Waals surface area (Å²) in [5.74, 6) is 0.124. The number of aryl methyl sites for hydroxylation is 1. The van der Waals surface area contributed by atoms with Gasteiger partial charge in [-0.05, 0) is 13.0 Å². The number of amides is 3. The van der Waals surface area contributed by atoms with Crippen LogP contribution in [0.2, 0.25) is 5.02 Å². The maximum Gasteiger partial charge on any atom is 0.289 e. The van der Waals surface area contributed by atoms with E-state index in [4.69, 9.17) is 16.1 Å². The average Bonchev–Trinajstić information content (AvgIpc) is 3.11. The van der Waals surface area contributed by atoms with Crippen molar-refractivity contribution in [2.75, 3.05) is 18.8 Å². The highest BCUT2D eigenvalue weighted by molar-refractivity contribution is 8.14. The fraction of sp³-hybridized carbons (Fsp3) is 0.294. The number of thioether (sulfide) groups is 1. The van der Waals surface area contributed by atoms with Gasteiger partial charge in [-0.25, -0.2) is 0 Å². The molecule has 4 rings (SSSR count). The predicted octanol–water partition coefficient (Wildman–Crippen LogP) is 2.82. The van der Waals surface area contributed by atoms with Gasteiger partial charge in [0, 0.05) is 18.7 Å². The first-order chi connectivity index (χ1) is 12.5. The molecule has 0 atom stereocenters. The number of hydrogen-bond acceptors (Lipinski definition) is 6. The molecular formula is C17H14ClN3O4S. The number of nitrogens with zero attached hydrogens (tertiary/aromatic N) is 3. The van der Waals surface area contributed by atoms with Crippen LogP contribution in [-0.2, 0) is 4.79 Å². The Morgan fingerprint density at radius 2 is 2.04 bits per heavy atom. The van der Waals surface area contributed by atoms with Crippen molar-refractivity contribution in [3.05, 3.63) is 40.6 Å². The van der Waals surface area contributed by atoms with Crippen molar-refractivity contribution in [3.8, 4) is 11.3 Å². The fourth-order valence-electron chi connectivity index (χ4n) is 3.12. The molecule has 9 heteroatoms. The van der Waals surface area contributed by atoms with Crippen molar-refractivity contribution in [1.29, 1.82) is 0 Å². The molecule has 7 nitrogen and oxygen atoms in total. The van der Waals surface area contributed by atoms with Crippen LogP contribution < -0.4 is 0 Å². The highest BCUT2D eigenvalue weighted by Crippen LogP contribution is 2.33. The molecule has 1 aromatic carbocycles. The van der Waals surface area contributed by atoms with E-state index >= 15 is 0 Å². The van der Waals surface area contributed by atoms with Crippen molar-refractivity contribution >= 4 is 40.4 Å². The molecule has 2 saturated heterocycles. The summed E-state index contributed by atoms with van der Waals surface area (Å²) in [4.78, 5) is 39.3.